The minimum absolute atomic E-state index is 0.110. The topological polar surface area (TPSA) is 65.5 Å². The summed E-state index contributed by atoms with van der Waals surface area (Å²) in [5.41, 5.74) is 2.70. The zero-order chi connectivity index (χ0) is 20.4. The van der Waals surface area contributed by atoms with Crippen molar-refractivity contribution in [3.05, 3.63) is 94.0 Å². The highest BCUT2D eigenvalue weighted by Gasteiger charge is 2.30. The summed E-state index contributed by atoms with van der Waals surface area (Å²) < 4.78 is 11.2. The summed E-state index contributed by atoms with van der Waals surface area (Å²) in [5.74, 6) is 0.290. The van der Waals surface area contributed by atoms with Crippen molar-refractivity contribution in [3.63, 3.8) is 0 Å². The van der Waals surface area contributed by atoms with E-state index in [2.05, 4.69) is 4.98 Å². The van der Waals surface area contributed by atoms with E-state index in [1.54, 1.807) is 67.9 Å². The number of Topliss-reactive ketones (excluding diaryl/α,β-unsaturated/α-hetero) is 1. The Morgan fingerprint density at radius 1 is 1.21 bits per heavy atom. The molecule has 2 heterocycles. The fourth-order valence-electron chi connectivity index (χ4n) is 3.09. The van der Waals surface area contributed by atoms with Gasteiger partial charge in [-0.05, 0) is 54.0 Å². The first-order valence-electron chi connectivity index (χ1n) is 8.93. The molecule has 1 aliphatic rings. The molecular formula is C23H16ClNO4. The van der Waals surface area contributed by atoms with Gasteiger partial charge in [-0.25, -0.2) is 0 Å². The fraction of sp³-hybridized carbons (Fsp3) is 0.0870. The number of benzene rings is 2. The lowest BCUT2D eigenvalue weighted by Gasteiger charge is -2.08. The van der Waals surface area contributed by atoms with Gasteiger partial charge in [0.1, 0.15) is 11.5 Å². The Bertz CT molecular complexity index is 1120. The van der Waals surface area contributed by atoms with Crippen LogP contribution in [-0.4, -0.2) is 16.7 Å². The quantitative estimate of drug-likeness (QED) is 0.354. The van der Waals surface area contributed by atoms with Crippen molar-refractivity contribution in [3.8, 4) is 11.5 Å². The van der Waals surface area contributed by atoms with Crippen LogP contribution in [0.1, 0.15) is 27.0 Å². The van der Waals surface area contributed by atoms with E-state index in [4.69, 9.17) is 21.1 Å². The molecule has 0 unspecified atom stereocenters. The molecule has 0 saturated carbocycles. The van der Waals surface area contributed by atoms with Gasteiger partial charge in [0.05, 0.1) is 12.0 Å². The molecule has 0 bridgehead atoms. The van der Waals surface area contributed by atoms with Crippen LogP contribution in [0.25, 0.3) is 6.08 Å². The number of aromatic nitrogens is 1. The molecule has 29 heavy (non-hydrogen) atoms. The normalized spacial score (nSPS) is 13.9. The maximum Gasteiger partial charge on any atom is 0.315 e. The number of rotatable bonds is 4. The zero-order valence-electron chi connectivity index (χ0n) is 15.5. The van der Waals surface area contributed by atoms with Gasteiger partial charge < -0.3 is 9.47 Å². The summed E-state index contributed by atoms with van der Waals surface area (Å²) in [5, 5.41) is 0.605. The number of fused-ring (bicyclic) bond motifs is 1. The fourth-order valence-corrected chi connectivity index (χ4v) is 3.21. The number of pyridine rings is 1. The summed E-state index contributed by atoms with van der Waals surface area (Å²) in [6.45, 7) is 1.78. The molecule has 0 N–H and O–H groups in total. The van der Waals surface area contributed by atoms with E-state index in [-0.39, 0.29) is 18.0 Å². The smallest absolute Gasteiger partial charge is 0.315 e. The molecule has 4 rings (SSSR count). The summed E-state index contributed by atoms with van der Waals surface area (Å²) in [4.78, 5) is 29.0. The Labute approximate surface area is 172 Å². The molecule has 5 nitrogen and oxygen atoms in total. The molecule has 1 aromatic heterocycles. The maximum atomic E-state index is 12.7. The number of carbonyl (C=O) groups excluding carboxylic acids is 2. The second kappa shape index (κ2) is 7.89. The number of halogens is 1. The number of carbonyl (C=O) groups is 2. The highest BCUT2D eigenvalue weighted by molar-refractivity contribution is 6.30. The van der Waals surface area contributed by atoms with Crippen molar-refractivity contribution in [2.45, 2.75) is 13.3 Å². The third-order valence-corrected chi connectivity index (χ3v) is 4.67. The van der Waals surface area contributed by atoms with Gasteiger partial charge in [-0.15, -0.1) is 0 Å². The molecule has 0 atom stereocenters. The van der Waals surface area contributed by atoms with Gasteiger partial charge in [0.15, 0.2) is 5.76 Å². The molecule has 0 radical (unpaired) electrons. The van der Waals surface area contributed by atoms with Crippen LogP contribution in [0.4, 0.5) is 0 Å². The number of hydrogen-bond donors (Lipinski definition) is 0. The maximum absolute atomic E-state index is 12.7. The summed E-state index contributed by atoms with van der Waals surface area (Å²) >= 11 is 5.86. The molecule has 0 amide bonds. The largest absolute Gasteiger partial charge is 0.452 e. The number of ether oxygens (including phenoxy) is 2. The van der Waals surface area contributed by atoms with Crippen molar-refractivity contribution in [2.24, 2.45) is 0 Å². The number of allylic oxidation sites excluding steroid dienone is 1. The van der Waals surface area contributed by atoms with E-state index in [0.717, 1.165) is 11.1 Å². The van der Waals surface area contributed by atoms with E-state index in [1.807, 2.05) is 6.07 Å². The Kier molecular flexibility index (Phi) is 5.14. The minimum Gasteiger partial charge on any atom is -0.452 e. The van der Waals surface area contributed by atoms with Crippen molar-refractivity contribution in [2.75, 3.05) is 0 Å². The van der Waals surface area contributed by atoms with Crippen LogP contribution in [0.3, 0.4) is 0 Å². The lowest BCUT2D eigenvalue weighted by Crippen LogP contribution is -2.11. The first kappa shape index (κ1) is 18.9. The van der Waals surface area contributed by atoms with Crippen molar-refractivity contribution < 1.29 is 19.1 Å². The lowest BCUT2D eigenvalue weighted by atomic mass is 10.0. The van der Waals surface area contributed by atoms with E-state index < -0.39 is 5.97 Å². The molecule has 0 fully saturated rings. The number of nitrogens with zero attached hydrogens (tertiary/aromatic N) is 1. The van der Waals surface area contributed by atoms with E-state index >= 15 is 0 Å². The molecule has 3 aromatic rings. The van der Waals surface area contributed by atoms with Crippen LogP contribution in [0.5, 0.6) is 11.5 Å². The van der Waals surface area contributed by atoms with Crippen molar-refractivity contribution in [1.29, 1.82) is 0 Å². The van der Waals surface area contributed by atoms with Crippen molar-refractivity contribution >= 4 is 29.4 Å². The first-order chi connectivity index (χ1) is 14.0. The van der Waals surface area contributed by atoms with Crippen LogP contribution in [0.2, 0.25) is 5.02 Å². The predicted molar refractivity (Wildman–Crippen MR) is 109 cm³/mol. The van der Waals surface area contributed by atoms with Gasteiger partial charge in [-0.1, -0.05) is 29.8 Å². The van der Waals surface area contributed by atoms with E-state index in [9.17, 15) is 9.59 Å². The molecule has 0 saturated heterocycles. The zero-order valence-corrected chi connectivity index (χ0v) is 16.3. The number of hydrogen-bond acceptors (Lipinski definition) is 5. The Morgan fingerprint density at radius 3 is 2.72 bits per heavy atom. The third-order valence-electron chi connectivity index (χ3n) is 4.42. The van der Waals surface area contributed by atoms with Gasteiger partial charge in [0.2, 0.25) is 5.78 Å². The predicted octanol–water partition coefficient (Wildman–Crippen LogP) is 4.81. The average Bonchev–Trinajstić information content (AvgIpc) is 3.00. The molecule has 0 spiro atoms. The standard InChI is InChI=1S/C23H16ClNO4/c1-14-9-18(28-21(26)11-15-4-6-17(24)7-5-15)12-19-22(14)23(27)20(29-19)10-16-3-2-8-25-13-16/h2-10,12-13H,11H2,1H3/b20-10-. The first-order valence-corrected chi connectivity index (χ1v) is 9.31. The molecule has 6 heteroatoms. The number of aryl methyl sites for hydroxylation is 1. The molecule has 1 aliphatic heterocycles. The molecular weight excluding hydrogens is 390 g/mol. The summed E-state index contributed by atoms with van der Waals surface area (Å²) in [7, 11) is 0. The van der Waals surface area contributed by atoms with E-state index in [0.29, 0.717) is 27.6 Å². The summed E-state index contributed by atoms with van der Waals surface area (Å²) in [6.07, 6.45) is 5.05. The Hall–Kier alpha value is -3.44. The van der Waals surface area contributed by atoms with Gasteiger partial charge in [0, 0.05) is 23.5 Å². The van der Waals surface area contributed by atoms with Crippen LogP contribution >= 0.6 is 11.6 Å². The van der Waals surface area contributed by atoms with Crippen LogP contribution < -0.4 is 9.47 Å². The molecule has 2 aromatic carbocycles. The summed E-state index contributed by atoms with van der Waals surface area (Å²) in [6, 6.07) is 13.8. The average molecular weight is 406 g/mol. The third kappa shape index (κ3) is 4.20. The highest BCUT2D eigenvalue weighted by atomic mass is 35.5. The van der Waals surface area contributed by atoms with Crippen LogP contribution in [0, 0.1) is 6.92 Å². The lowest BCUT2D eigenvalue weighted by molar-refractivity contribution is -0.133. The van der Waals surface area contributed by atoms with Crippen LogP contribution in [0.15, 0.2) is 66.7 Å². The Morgan fingerprint density at radius 2 is 2.00 bits per heavy atom. The molecule has 144 valence electrons. The number of ketones is 1. The minimum atomic E-state index is -0.415. The van der Waals surface area contributed by atoms with Crippen LogP contribution in [-0.2, 0) is 11.2 Å². The van der Waals surface area contributed by atoms with Gasteiger partial charge in [-0.3, -0.25) is 14.6 Å². The molecule has 0 aliphatic carbocycles. The van der Waals surface area contributed by atoms with Gasteiger partial charge in [0.25, 0.3) is 0 Å². The second-order valence-electron chi connectivity index (χ2n) is 6.62. The van der Waals surface area contributed by atoms with Gasteiger partial charge in [-0.2, -0.15) is 0 Å². The second-order valence-corrected chi connectivity index (χ2v) is 7.05. The van der Waals surface area contributed by atoms with E-state index in [1.165, 1.54) is 0 Å². The monoisotopic (exact) mass is 405 g/mol. The Balaban J connectivity index is 1.53. The van der Waals surface area contributed by atoms with Gasteiger partial charge >= 0.3 is 5.97 Å². The number of esters is 1. The SMILES string of the molecule is Cc1cc(OC(=O)Cc2ccc(Cl)cc2)cc2c1C(=O)/C(=C/c1cccnc1)O2. The van der Waals surface area contributed by atoms with Crippen molar-refractivity contribution in [1.82, 2.24) is 4.98 Å². The highest BCUT2D eigenvalue weighted by Crippen LogP contribution is 2.37.